The minimum atomic E-state index is 0. The Labute approximate surface area is 129 Å². The van der Waals surface area contributed by atoms with Crippen molar-refractivity contribution in [1.82, 2.24) is 10.2 Å². The zero-order valence-corrected chi connectivity index (χ0v) is 13.6. The van der Waals surface area contributed by atoms with E-state index < -0.39 is 0 Å². The molecule has 1 aliphatic heterocycles. The normalized spacial score (nSPS) is 17.6. The van der Waals surface area contributed by atoms with Crippen molar-refractivity contribution >= 4 is 52.6 Å². The number of hydrogen-bond acceptors (Lipinski definition) is 2. The molecule has 4 nitrogen and oxygen atoms in total. The summed E-state index contributed by atoms with van der Waals surface area (Å²) in [5, 5.41) is 4.01. The van der Waals surface area contributed by atoms with Gasteiger partial charge < -0.3 is 10.2 Å². The number of aliphatic imine (C=N–C) groups is 2. The second-order valence-corrected chi connectivity index (χ2v) is 4.49. The van der Waals surface area contributed by atoms with Gasteiger partial charge in [-0.1, -0.05) is 30.0 Å². The van der Waals surface area contributed by atoms with Crippen molar-refractivity contribution in [2.45, 2.75) is 0 Å². The van der Waals surface area contributed by atoms with Crippen molar-refractivity contribution in [3.63, 3.8) is 0 Å². The minimum Gasteiger partial charge on any atom is -0.354 e. The molecule has 1 saturated heterocycles. The minimum absolute atomic E-state index is 0. The van der Waals surface area contributed by atoms with E-state index in [1.807, 2.05) is 43.6 Å². The summed E-state index contributed by atoms with van der Waals surface area (Å²) < 4.78 is 0. The fraction of sp³-hybridized carbons (Fsp3) is 0.333. The molecule has 0 bridgehead atoms. The Balaban J connectivity index is 0.00000162. The standard InChI is InChI=1S/C12H16N4S.HI/c1-16-9-8-13-11(16)15-12(17-2)14-10-6-4-3-5-7-10;/h3-7H,8-9H2,1-2H3,(H,13,14,15);1H. The van der Waals surface area contributed by atoms with E-state index in [0.717, 1.165) is 29.9 Å². The maximum absolute atomic E-state index is 4.51. The van der Waals surface area contributed by atoms with Crippen LogP contribution in [0.15, 0.2) is 40.3 Å². The number of hydrogen-bond donors (Lipinski definition) is 1. The summed E-state index contributed by atoms with van der Waals surface area (Å²) in [5.74, 6) is 0.897. The Kier molecular flexibility index (Phi) is 6.48. The van der Waals surface area contributed by atoms with Gasteiger partial charge >= 0.3 is 0 Å². The van der Waals surface area contributed by atoms with Gasteiger partial charge in [0.15, 0.2) is 5.17 Å². The number of amidine groups is 1. The average molecular weight is 376 g/mol. The SMILES string of the molecule is CSC(=N\c1ccccc1)/N=C1\NCCN1C.I. The molecule has 1 heterocycles. The number of halogens is 1. The smallest absolute Gasteiger partial charge is 0.201 e. The molecule has 18 heavy (non-hydrogen) atoms. The van der Waals surface area contributed by atoms with Crippen molar-refractivity contribution in [2.75, 3.05) is 26.4 Å². The van der Waals surface area contributed by atoms with E-state index in [-0.39, 0.29) is 24.0 Å². The zero-order chi connectivity index (χ0) is 12.1. The van der Waals surface area contributed by atoms with E-state index in [1.54, 1.807) is 11.8 Å². The van der Waals surface area contributed by atoms with Gasteiger partial charge in [-0.25, -0.2) is 4.99 Å². The molecule has 1 N–H and O–H groups in total. The monoisotopic (exact) mass is 376 g/mol. The van der Waals surface area contributed by atoms with E-state index >= 15 is 0 Å². The third-order valence-electron chi connectivity index (χ3n) is 2.46. The summed E-state index contributed by atoms with van der Waals surface area (Å²) >= 11 is 1.55. The number of rotatable bonds is 1. The molecule has 0 unspecified atom stereocenters. The summed E-state index contributed by atoms with van der Waals surface area (Å²) in [6, 6.07) is 9.88. The third-order valence-corrected chi connectivity index (χ3v) is 3.00. The van der Waals surface area contributed by atoms with Crippen LogP contribution in [0.3, 0.4) is 0 Å². The van der Waals surface area contributed by atoms with Crippen LogP contribution in [0, 0.1) is 0 Å². The Morgan fingerprint density at radius 3 is 2.61 bits per heavy atom. The Morgan fingerprint density at radius 1 is 1.33 bits per heavy atom. The van der Waals surface area contributed by atoms with Gasteiger partial charge in [0.05, 0.1) is 5.69 Å². The highest BCUT2D eigenvalue weighted by molar-refractivity contribution is 14.0. The lowest BCUT2D eigenvalue weighted by molar-refractivity contribution is 0.564. The first-order valence-electron chi connectivity index (χ1n) is 5.51. The highest BCUT2D eigenvalue weighted by Crippen LogP contribution is 2.14. The molecule has 0 saturated carbocycles. The van der Waals surface area contributed by atoms with Gasteiger partial charge in [0.2, 0.25) is 5.96 Å². The van der Waals surface area contributed by atoms with E-state index in [0.29, 0.717) is 0 Å². The Morgan fingerprint density at radius 2 is 2.06 bits per heavy atom. The van der Waals surface area contributed by atoms with Crippen molar-refractivity contribution < 1.29 is 0 Å². The van der Waals surface area contributed by atoms with Crippen LogP contribution in [0.2, 0.25) is 0 Å². The zero-order valence-electron chi connectivity index (χ0n) is 10.5. The van der Waals surface area contributed by atoms with Crippen molar-refractivity contribution in [3.8, 4) is 0 Å². The van der Waals surface area contributed by atoms with Gasteiger partial charge in [0, 0.05) is 20.1 Å². The average Bonchev–Trinajstić information content (AvgIpc) is 2.75. The van der Waals surface area contributed by atoms with E-state index in [4.69, 9.17) is 0 Å². The van der Waals surface area contributed by atoms with Crippen LogP contribution in [0.1, 0.15) is 0 Å². The second-order valence-electron chi connectivity index (χ2n) is 3.72. The van der Waals surface area contributed by atoms with Crippen molar-refractivity contribution in [3.05, 3.63) is 30.3 Å². The number of guanidine groups is 1. The molecular formula is C12H17IN4S. The molecule has 1 fully saturated rings. The number of nitrogens with zero attached hydrogens (tertiary/aromatic N) is 3. The molecule has 6 heteroatoms. The maximum atomic E-state index is 4.51. The molecule has 0 aliphatic carbocycles. The lowest BCUT2D eigenvalue weighted by Gasteiger charge is -2.09. The summed E-state index contributed by atoms with van der Waals surface area (Å²) in [4.78, 5) is 11.1. The van der Waals surface area contributed by atoms with Crippen LogP contribution in [-0.2, 0) is 0 Å². The fourth-order valence-electron chi connectivity index (χ4n) is 1.52. The van der Waals surface area contributed by atoms with Crippen LogP contribution in [-0.4, -0.2) is 42.4 Å². The first-order valence-corrected chi connectivity index (χ1v) is 6.73. The van der Waals surface area contributed by atoms with Gasteiger partial charge in [-0.05, 0) is 18.4 Å². The molecule has 98 valence electrons. The summed E-state index contributed by atoms with van der Waals surface area (Å²) in [5.41, 5.74) is 0.932. The van der Waals surface area contributed by atoms with Gasteiger partial charge in [-0.3, -0.25) is 0 Å². The van der Waals surface area contributed by atoms with Gasteiger partial charge in [-0.2, -0.15) is 4.99 Å². The van der Waals surface area contributed by atoms with Gasteiger partial charge in [-0.15, -0.1) is 24.0 Å². The molecule has 0 aromatic heterocycles. The highest BCUT2D eigenvalue weighted by atomic mass is 127. The predicted octanol–water partition coefficient (Wildman–Crippen LogP) is 2.55. The number of para-hydroxylation sites is 1. The largest absolute Gasteiger partial charge is 0.354 e. The Bertz CT molecular complexity index is 433. The quantitative estimate of drug-likeness (QED) is 0.465. The number of nitrogens with one attached hydrogen (secondary N) is 1. The third kappa shape index (κ3) is 4.16. The first-order chi connectivity index (χ1) is 8.29. The topological polar surface area (TPSA) is 40.0 Å². The predicted molar refractivity (Wildman–Crippen MR) is 90.5 cm³/mol. The summed E-state index contributed by atoms with van der Waals surface area (Å²) in [6.45, 7) is 1.94. The highest BCUT2D eigenvalue weighted by Gasteiger charge is 2.13. The first kappa shape index (κ1) is 15.3. The summed E-state index contributed by atoms with van der Waals surface area (Å²) in [6.07, 6.45) is 1.99. The molecule has 0 amide bonds. The second kappa shape index (κ2) is 7.63. The van der Waals surface area contributed by atoms with E-state index in [2.05, 4.69) is 20.2 Å². The van der Waals surface area contributed by atoms with E-state index in [9.17, 15) is 0 Å². The molecule has 0 atom stereocenters. The number of likely N-dealkylation sites (N-methyl/N-ethyl adjacent to an activating group) is 1. The maximum Gasteiger partial charge on any atom is 0.201 e. The number of thioether (sulfide) groups is 1. The van der Waals surface area contributed by atoms with Crippen LogP contribution in [0.4, 0.5) is 5.69 Å². The van der Waals surface area contributed by atoms with Crippen LogP contribution in [0.5, 0.6) is 0 Å². The lowest BCUT2D eigenvalue weighted by atomic mass is 10.3. The Hall–Kier alpha value is -0.760. The van der Waals surface area contributed by atoms with Crippen LogP contribution < -0.4 is 5.32 Å². The van der Waals surface area contributed by atoms with Crippen LogP contribution in [0.25, 0.3) is 0 Å². The lowest BCUT2D eigenvalue weighted by Crippen LogP contribution is -2.27. The fourth-order valence-corrected chi connectivity index (χ4v) is 1.90. The molecule has 0 radical (unpaired) electrons. The van der Waals surface area contributed by atoms with Crippen molar-refractivity contribution in [2.24, 2.45) is 9.98 Å². The van der Waals surface area contributed by atoms with Gasteiger partial charge in [0.1, 0.15) is 0 Å². The molecular weight excluding hydrogens is 359 g/mol. The van der Waals surface area contributed by atoms with E-state index in [1.165, 1.54) is 0 Å². The summed E-state index contributed by atoms with van der Waals surface area (Å²) in [7, 11) is 2.03. The van der Waals surface area contributed by atoms with Crippen LogP contribution >= 0.6 is 35.7 Å². The van der Waals surface area contributed by atoms with Crippen molar-refractivity contribution in [1.29, 1.82) is 0 Å². The molecule has 0 spiro atoms. The van der Waals surface area contributed by atoms with Gasteiger partial charge in [0.25, 0.3) is 0 Å². The molecule has 1 aromatic carbocycles. The molecule has 1 aliphatic rings. The molecule has 2 rings (SSSR count). The molecule has 1 aromatic rings. The number of benzene rings is 1.